The molecule has 7 heteroatoms. The van der Waals surface area contributed by atoms with Crippen LogP contribution in [0.3, 0.4) is 0 Å². The Morgan fingerprint density at radius 2 is 2.17 bits per heavy atom. The number of fused-ring (bicyclic) bond motifs is 3. The van der Waals surface area contributed by atoms with Gasteiger partial charge in [0.15, 0.2) is 0 Å². The van der Waals surface area contributed by atoms with Crippen LogP contribution < -0.4 is 5.73 Å². The summed E-state index contributed by atoms with van der Waals surface area (Å²) in [6.07, 6.45) is 1.40. The second kappa shape index (κ2) is 6.21. The van der Waals surface area contributed by atoms with E-state index >= 15 is 0 Å². The van der Waals surface area contributed by atoms with Gasteiger partial charge in [0.2, 0.25) is 0 Å². The summed E-state index contributed by atoms with van der Waals surface area (Å²) in [5, 5.41) is 1.64. The van der Waals surface area contributed by atoms with Crippen molar-refractivity contribution in [3.05, 3.63) is 30.1 Å². The fourth-order valence-electron chi connectivity index (χ4n) is 2.74. The van der Waals surface area contributed by atoms with Gasteiger partial charge < -0.3 is 19.8 Å². The minimum Gasteiger partial charge on any atom is -0.465 e. The van der Waals surface area contributed by atoms with Crippen LogP contribution in [0, 0.1) is 0 Å². The van der Waals surface area contributed by atoms with Gasteiger partial charge in [0.05, 0.1) is 24.1 Å². The Balaban J connectivity index is 2.24. The van der Waals surface area contributed by atoms with Crippen molar-refractivity contribution in [2.75, 3.05) is 19.5 Å². The smallest absolute Gasteiger partial charge is 0.326 e. The zero-order valence-corrected chi connectivity index (χ0v) is 13.1. The number of hydrogen-bond donors (Lipinski definition) is 1. The summed E-state index contributed by atoms with van der Waals surface area (Å²) in [6, 6.07) is 5.88. The van der Waals surface area contributed by atoms with Crippen molar-refractivity contribution in [2.24, 2.45) is 0 Å². The number of aromatic nitrogens is 3. The number of anilines is 1. The van der Waals surface area contributed by atoms with Crippen LogP contribution in [0.4, 0.5) is 5.82 Å². The van der Waals surface area contributed by atoms with Crippen LogP contribution >= 0.6 is 0 Å². The number of hydrogen-bond acceptors (Lipinski definition) is 6. The van der Waals surface area contributed by atoms with E-state index in [0.717, 1.165) is 21.9 Å². The first-order chi connectivity index (χ1) is 11.2. The lowest BCUT2D eigenvalue weighted by molar-refractivity contribution is -0.143. The molecule has 2 N–H and O–H groups in total. The number of carbonyl (C=O) groups is 1. The minimum atomic E-state index is -0.315. The van der Waals surface area contributed by atoms with E-state index in [1.165, 1.54) is 6.33 Å². The van der Waals surface area contributed by atoms with Crippen LogP contribution in [0.2, 0.25) is 0 Å². The summed E-state index contributed by atoms with van der Waals surface area (Å²) < 4.78 is 12.0. The first kappa shape index (κ1) is 15.2. The zero-order chi connectivity index (χ0) is 16.4. The molecule has 7 nitrogen and oxygen atoms in total. The van der Waals surface area contributed by atoms with Crippen LogP contribution in [0.25, 0.3) is 21.9 Å². The first-order valence-corrected chi connectivity index (χ1v) is 7.31. The van der Waals surface area contributed by atoms with Crippen LogP contribution in [-0.2, 0) is 27.4 Å². The molecule has 3 aromatic rings. The lowest BCUT2D eigenvalue weighted by Crippen LogP contribution is -2.13. The topological polar surface area (TPSA) is 92.3 Å². The number of nitrogens with two attached hydrogens (primary N) is 1. The van der Waals surface area contributed by atoms with Gasteiger partial charge in [-0.2, -0.15) is 0 Å². The molecule has 0 saturated carbocycles. The van der Waals surface area contributed by atoms with E-state index in [1.54, 1.807) is 18.6 Å². The molecule has 23 heavy (non-hydrogen) atoms. The van der Waals surface area contributed by atoms with Crippen LogP contribution in [0.15, 0.2) is 24.5 Å². The zero-order valence-electron chi connectivity index (χ0n) is 13.1. The molecule has 120 valence electrons. The minimum absolute atomic E-state index is 0.0773. The van der Waals surface area contributed by atoms with Crippen molar-refractivity contribution in [3.63, 3.8) is 0 Å². The quantitative estimate of drug-likeness (QED) is 0.723. The molecule has 0 unspecified atom stereocenters. The van der Waals surface area contributed by atoms with Gasteiger partial charge in [0.1, 0.15) is 24.3 Å². The van der Waals surface area contributed by atoms with Gasteiger partial charge in [-0.05, 0) is 24.6 Å². The molecule has 1 aromatic carbocycles. The Labute approximate surface area is 133 Å². The molecule has 2 aromatic heterocycles. The van der Waals surface area contributed by atoms with E-state index in [9.17, 15) is 4.79 Å². The van der Waals surface area contributed by atoms with E-state index in [2.05, 4.69) is 9.97 Å². The van der Waals surface area contributed by atoms with Crippen molar-refractivity contribution in [1.82, 2.24) is 14.5 Å². The van der Waals surface area contributed by atoms with Crippen LogP contribution in [0.1, 0.15) is 12.5 Å². The number of nitrogens with zero attached hydrogens (tertiary/aromatic N) is 3. The molecule has 3 rings (SSSR count). The van der Waals surface area contributed by atoms with Crippen molar-refractivity contribution in [2.45, 2.75) is 20.1 Å². The van der Waals surface area contributed by atoms with Gasteiger partial charge in [0, 0.05) is 12.5 Å². The molecule has 0 bridgehead atoms. The highest BCUT2D eigenvalue weighted by Crippen LogP contribution is 2.31. The third-order valence-corrected chi connectivity index (χ3v) is 3.64. The molecule has 0 radical (unpaired) electrons. The number of carbonyl (C=O) groups excluding carboxylic acids is 1. The maximum Gasteiger partial charge on any atom is 0.326 e. The third kappa shape index (κ3) is 2.70. The Bertz CT molecular complexity index is 873. The Morgan fingerprint density at radius 1 is 1.35 bits per heavy atom. The van der Waals surface area contributed by atoms with Crippen molar-refractivity contribution < 1.29 is 14.3 Å². The van der Waals surface area contributed by atoms with Crippen LogP contribution in [-0.4, -0.2) is 34.2 Å². The summed E-state index contributed by atoms with van der Waals surface area (Å²) in [4.78, 5) is 20.3. The highest BCUT2D eigenvalue weighted by molar-refractivity contribution is 6.11. The molecule has 0 spiro atoms. The molecule has 0 saturated heterocycles. The SMILES string of the molecule is CCOC(=O)Cn1c2ccc(COC)cc2c2c(N)ncnc21. The number of benzene rings is 1. The van der Waals surface area contributed by atoms with E-state index in [0.29, 0.717) is 24.7 Å². The number of ether oxygens (including phenoxy) is 2. The predicted octanol–water partition coefficient (Wildman–Crippen LogP) is 1.88. The summed E-state index contributed by atoms with van der Waals surface area (Å²) >= 11 is 0. The maximum atomic E-state index is 11.9. The standard InChI is InChI=1S/C16H18N4O3/c1-3-23-13(21)7-20-12-5-4-10(8-22-2)6-11(12)14-15(17)18-9-19-16(14)20/h4-6,9H,3,7-8H2,1-2H3,(H2,17,18,19). The first-order valence-electron chi connectivity index (χ1n) is 7.31. The largest absolute Gasteiger partial charge is 0.465 e. The van der Waals surface area contributed by atoms with E-state index in [1.807, 2.05) is 18.2 Å². The molecule has 0 aliphatic heterocycles. The van der Waals surface area contributed by atoms with E-state index in [-0.39, 0.29) is 12.5 Å². The Hall–Kier alpha value is -2.67. The van der Waals surface area contributed by atoms with Crippen molar-refractivity contribution in [3.8, 4) is 0 Å². The van der Waals surface area contributed by atoms with Crippen LogP contribution in [0.5, 0.6) is 0 Å². The Kier molecular flexibility index (Phi) is 4.12. The van der Waals surface area contributed by atoms with Gasteiger partial charge in [0.25, 0.3) is 0 Å². The molecule has 0 amide bonds. The summed E-state index contributed by atoms with van der Waals surface area (Å²) in [5.74, 6) is 0.0710. The molecule has 0 aliphatic rings. The van der Waals surface area contributed by atoms with Crippen molar-refractivity contribution >= 4 is 33.7 Å². The second-order valence-corrected chi connectivity index (χ2v) is 5.13. The summed E-state index contributed by atoms with van der Waals surface area (Å²) in [7, 11) is 1.64. The van der Waals surface area contributed by atoms with Gasteiger partial charge in [-0.3, -0.25) is 4.79 Å². The molecule has 0 aliphatic carbocycles. The van der Waals surface area contributed by atoms with E-state index in [4.69, 9.17) is 15.2 Å². The maximum absolute atomic E-state index is 11.9. The number of nitrogen functional groups attached to an aromatic ring is 1. The third-order valence-electron chi connectivity index (χ3n) is 3.64. The van der Waals surface area contributed by atoms with Gasteiger partial charge >= 0.3 is 5.97 Å². The van der Waals surface area contributed by atoms with Gasteiger partial charge in [-0.15, -0.1) is 0 Å². The monoisotopic (exact) mass is 314 g/mol. The molecule has 0 fully saturated rings. The lowest BCUT2D eigenvalue weighted by atomic mass is 10.1. The highest BCUT2D eigenvalue weighted by atomic mass is 16.5. The fourth-order valence-corrected chi connectivity index (χ4v) is 2.74. The average molecular weight is 314 g/mol. The molecular weight excluding hydrogens is 296 g/mol. The average Bonchev–Trinajstić information content (AvgIpc) is 2.83. The highest BCUT2D eigenvalue weighted by Gasteiger charge is 2.17. The summed E-state index contributed by atoms with van der Waals surface area (Å²) in [5.41, 5.74) is 8.53. The number of methoxy groups -OCH3 is 1. The van der Waals surface area contributed by atoms with Gasteiger partial charge in [-0.25, -0.2) is 9.97 Å². The molecular formula is C16H18N4O3. The molecule has 0 atom stereocenters. The lowest BCUT2D eigenvalue weighted by Gasteiger charge is -2.06. The molecule has 2 heterocycles. The Morgan fingerprint density at radius 3 is 2.91 bits per heavy atom. The predicted molar refractivity (Wildman–Crippen MR) is 86.8 cm³/mol. The van der Waals surface area contributed by atoms with E-state index < -0.39 is 0 Å². The normalized spacial score (nSPS) is 11.2. The fraction of sp³-hybridized carbons (Fsp3) is 0.312. The van der Waals surface area contributed by atoms with Crippen molar-refractivity contribution in [1.29, 1.82) is 0 Å². The summed E-state index contributed by atoms with van der Waals surface area (Å²) in [6.45, 7) is 2.69. The number of esters is 1. The van der Waals surface area contributed by atoms with Gasteiger partial charge in [-0.1, -0.05) is 6.07 Å². The number of rotatable bonds is 5. The second-order valence-electron chi connectivity index (χ2n) is 5.13.